The molecule has 3 nitrogen and oxygen atoms in total. The van der Waals surface area contributed by atoms with E-state index in [2.05, 4.69) is 10.2 Å². The van der Waals surface area contributed by atoms with Crippen LogP contribution in [0.3, 0.4) is 0 Å². The number of carbonyl (C=O) groups excluding carboxylic acids is 1. The number of rotatable bonds is 3. The fourth-order valence-electron chi connectivity index (χ4n) is 5.59. The van der Waals surface area contributed by atoms with E-state index in [1.807, 2.05) is 7.05 Å². The lowest BCUT2D eigenvalue weighted by Gasteiger charge is -2.33. The molecule has 4 heteroatoms. The highest BCUT2D eigenvalue weighted by atomic mass is 35.5. The Bertz CT molecular complexity index is 371. The van der Waals surface area contributed by atoms with Crippen molar-refractivity contribution in [1.29, 1.82) is 0 Å². The topological polar surface area (TPSA) is 32.3 Å². The van der Waals surface area contributed by atoms with Crippen molar-refractivity contribution in [3.63, 3.8) is 0 Å². The second-order valence-corrected chi connectivity index (χ2v) is 7.36. The van der Waals surface area contributed by atoms with E-state index in [0.717, 1.165) is 43.3 Å². The maximum absolute atomic E-state index is 12.7. The first kappa shape index (κ1) is 14.6. The molecule has 20 heavy (non-hydrogen) atoms. The summed E-state index contributed by atoms with van der Waals surface area (Å²) in [6.07, 6.45) is 6.76. The molecule has 1 saturated heterocycles. The van der Waals surface area contributed by atoms with Crippen molar-refractivity contribution >= 4 is 18.3 Å². The molecule has 3 aliphatic carbocycles. The third kappa shape index (κ3) is 2.18. The van der Waals surface area contributed by atoms with Gasteiger partial charge in [-0.05, 0) is 75.3 Å². The van der Waals surface area contributed by atoms with E-state index in [1.165, 1.54) is 32.1 Å². The molecule has 2 bridgehead atoms. The molecule has 3 saturated carbocycles. The van der Waals surface area contributed by atoms with E-state index in [4.69, 9.17) is 0 Å². The Balaban J connectivity index is 0.00000121. The van der Waals surface area contributed by atoms with Gasteiger partial charge in [0, 0.05) is 19.0 Å². The Morgan fingerprint density at radius 1 is 1.20 bits per heavy atom. The smallest absolute Gasteiger partial charge is 0.226 e. The molecular weight excluding hydrogens is 272 g/mol. The summed E-state index contributed by atoms with van der Waals surface area (Å²) in [5.41, 5.74) is 0. The number of hydrogen-bond acceptors (Lipinski definition) is 2. The Kier molecular flexibility index (Phi) is 4.02. The Morgan fingerprint density at radius 2 is 1.90 bits per heavy atom. The van der Waals surface area contributed by atoms with Crippen molar-refractivity contribution in [1.82, 2.24) is 10.2 Å². The van der Waals surface area contributed by atoms with Crippen molar-refractivity contribution < 1.29 is 4.79 Å². The molecule has 0 spiro atoms. The SMILES string of the molecule is CNCC1CCCN(C(=O)C2C3C4CCC(C4)C23)C1.Cl. The van der Waals surface area contributed by atoms with Crippen molar-refractivity contribution in [2.24, 2.45) is 35.5 Å². The van der Waals surface area contributed by atoms with E-state index in [0.29, 0.717) is 17.7 Å². The number of piperidine rings is 1. The van der Waals surface area contributed by atoms with Crippen molar-refractivity contribution in [2.75, 3.05) is 26.7 Å². The predicted octanol–water partition coefficient (Wildman–Crippen LogP) is 2.16. The number of hydrogen-bond donors (Lipinski definition) is 1. The van der Waals surface area contributed by atoms with Gasteiger partial charge >= 0.3 is 0 Å². The summed E-state index contributed by atoms with van der Waals surface area (Å²) in [4.78, 5) is 15.0. The van der Waals surface area contributed by atoms with Crippen molar-refractivity contribution in [2.45, 2.75) is 32.1 Å². The first-order valence-electron chi connectivity index (χ1n) is 8.23. The summed E-state index contributed by atoms with van der Waals surface area (Å²) in [5, 5.41) is 3.27. The van der Waals surface area contributed by atoms with E-state index in [9.17, 15) is 4.79 Å². The van der Waals surface area contributed by atoms with Gasteiger partial charge in [-0.1, -0.05) is 0 Å². The minimum Gasteiger partial charge on any atom is -0.342 e. The van der Waals surface area contributed by atoms with Crippen LogP contribution in [0.25, 0.3) is 0 Å². The predicted molar refractivity (Wildman–Crippen MR) is 81.8 cm³/mol. The molecule has 1 amide bonds. The van der Waals surface area contributed by atoms with Gasteiger partial charge in [-0.25, -0.2) is 0 Å². The molecule has 0 radical (unpaired) electrons. The quantitative estimate of drug-likeness (QED) is 0.866. The molecule has 4 fully saturated rings. The molecule has 5 unspecified atom stereocenters. The van der Waals surface area contributed by atoms with Gasteiger partial charge in [0.05, 0.1) is 0 Å². The number of nitrogens with zero attached hydrogens (tertiary/aromatic N) is 1. The molecule has 1 N–H and O–H groups in total. The fraction of sp³-hybridized carbons (Fsp3) is 0.938. The summed E-state index contributed by atoms with van der Waals surface area (Å²) in [6.45, 7) is 3.09. The molecule has 1 heterocycles. The fourth-order valence-corrected chi connectivity index (χ4v) is 5.59. The second-order valence-electron chi connectivity index (χ2n) is 7.36. The lowest BCUT2D eigenvalue weighted by molar-refractivity contribution is -0.135. The summed E-state index contributed by atoms with van der Waals surface area (Å²) >= 11 is 0. The molecule has 5 atom stereocenters. The second kappa shape index (κ2) is 5.49. The summed E-state index contributed by atoms with van der Waals surface area (Å²) in [5.74, 6) is 5.08. The van der Waals surface area contributed by atoms with Gasteiger partial charge in [0.25, 0.3) is 0 Å². The molecule has 114 valence electrons. The van der Waals surface area contributed by atoms with Crippen molar-refractivity contribution in [3.05, 3.63) is 0 Å². The van der Waals surface area contributed by atoms with Crippen LogP contribution in [0.1, 0.15) is 32.1 Å². The van der Waals surface area contributed by atoms with Crippen LogP contribution in [-0.2, 0) is 4.79 Å². The van der Waals surface area contributed by atoms with Gasteiger partial charge in [0.15, 0.2) is 0 Å². The zero-order chi connectivity index (χ0) is 13.0. The van der Waals surface area contributed by atoms with Gasteiger partial charge in [-0.3, -0.25) is 4.79 Å². The molecular formula is C16H27ClN2O. The highest BCUT2D eigenvalue weighted by Crippen LogP contribution is 2.69. The number of fused-ring (bicyclic) bond motifs is 5. The molecule has 0 aromatic rings. The standard InChI is InChI=1S/C16H26N2O.ClH/c1-17-8-10-3-2-6-18(9-10)16(19)15-13-11-4-5-12(7-11)14(13)15;/h10-15,17H,2-9H2,1H3;1H. The average molecular weight is 299 g/mol. The van der Waals surface area contributed by atoms with Gasteiger partial charge in [0.2, 0.25) is 5.91 Å². The molecule has 4 rings (SSSR count). The minimum atomic E-state index is 0. The maximum atomic E-state index is 12.7. The summed E-state index contributed by atoms with van der Waals surface area (Å²) < 4.78 is 0. The minimum absolute atomic E-state index is 0. The maximum Gasteiger partial charge on any atom is 0.226 e. The van der Waals surface area contributed by atoms with Gasteiger partial charge < -0.3 is 10.2 Å². The zero-order valence-electron chi connectivity index (χ0n) is 12.4. The Morgan fingerprint density at radius 3 is 2.55 bits per heavy atom. The van der Waals surface area contributed by atoms with Gasteiger partial charge in [-0.2, -0.15) is 0 Å². The largest absolute Gasteiger partial charge is 0.342 e. The molecule has 0 aromatic heterocycles. The van der Waals surface area contributed by atoms with Crippen LogP contribution in [0.2, 0.25) is 0 Å². The Hall–Kier alpha value is -0.280. The Labute approximate surface area is 128 Å². The van der Waals surface area contributed by atoms with E-state index >= 15 is 0 Å². The van der Waals surface area contributed by atoms with Crippen LogP contribution >= 0.6 is 12.4 Å². The van der Waals surface area contributed by atoms with Crippen LogP contribution in [0.4, 0.5) is 0 Å². The monoisotopic (exact) mass is 298 g/mol. The number of halogens is 1. The first-order valence-corrected chi connectivity index (χ1v) is 8.23. The number of likely N-dealkylation sites (tertiary alicyclic amines) is 1. The average Bonchev–Trinajstić information content (AvgIpc) is 2.86. The summed E-state index contributed by atoms with van der Waals surface area (Å²) in [7, 11) is 2.02. The number of carbonyl (C=O) groups is 1. The number of nitrogens with one attached hydrogen (secondary N) is 1. The van der Waals surface area contributed by atoms with Crippen LogP contribution in [0, 0.1) is 35.5 Å². The molecule has 1 aliphatic heterocycles. The van der Waals surface area contributed by atoms with E-state index in [1.54, 1.807) is 0 Å². The lowest BCUT2D eigenvalue weighted by Crippen LogP contribution is -2.43. The third-order valence-electron chi connectivity index (χ3n) is 6.34. The lowest BCUT2D eigenvalue weighted by atomic mass is 9.96. The highest BCUT2D eigenvalue weighted by Gasteiger charge is 2.68. The van der Waals surface area contributed by atoms with Gasteiger partial charge in [0.1, 0.15) is 0 Å². The van der Waals surface area contributed by atoms with Gasteiger partial charge in [-0.15, -0.1) is 12.4 Å². The number of amides is 1. The first-order chi connectivity index (χ1) is 9.29. The van der Waals surface area contributed by atoms with Crippen LogP contribution in [-0.4, -0.2) is 37.5 Å². The highest BCUT2D eigenvalue weighted by molar-refractivity contribution is 5.85. The van der Waals surface area contributed by atoms with Crippen molar-refractivity contribution in [3.8, 4) is 0 Å². The van der Waals surface area contributed by atoms with Crippen LogP contribution in [0.15, 0.2) is 0 Å². The normalized spacial score (nSPS) is 45.0. The summed E-state index contributed by atoms with van der Waals surface area (Å²) in [6, 6.07) is 0. The molecule has 0 aromatic carbocycles. The van der Waals surface area contributed by atoms with Crippen LogP contribution in [0.5, 0.6) is 0 Å². The third-order valence-corrected chi connectivity index (χ3v) is 6.34. The van der Waals surface area contributed by atoms with Crippen LogP contribution < -0.4 is 5.32 Å². The van der Waals surface area contributed by atoms with E-state index in [-0.39, 0.29) is 12.4 Å². The van der Waals surface area contributed by atoms with E-state index < -0.39 is 0 Å². The zero-order valence-corrected chi connectivity index (χ0v) is 13.2. The molecule has 4 aliphatic rings.